The Balaban J connectivity index is 2.15. The van der Waals surface area contributed by atoms with Crippen LogP contribution < -0.4 is 4.90 Å². The van der Waals surface area contributed by atoms with Gasteiger partial charge in [-0.25, -0.2) is 0 Å². The molecule has 1 aromatic heterocycles. The van der Waals surface area contributed by atoms with E-state index in [4.69, 9.17) is 4.52 Å². The summed E-state index contributed by atoms with van der Waals surface area (Å²) in [5, 5.41) is 4.21. The Morgan fingerprint density at radius 3 is 2.00 bits per heavy atom. The SMILES string of the molecule is CN(c1cc(C(F)(F)F)cc(C(F)(F)F)c1)c1noc2ccccc12. The third-order valence-corrected chi connectivity index (χ3v) is 3.64. The summed E-state index contributed by atoms with van der Waals surface area (Å²) in [5.74, 6) is 0.114. The highest BCUT2D eigenvalue weighted by atomic mass is 19.4. The van der Waals surface area contributed by atoms with Crippen LogP contribution in [0.1, 0.15) is 11.1 Å². The lowest BCUT2D eigenvalue weighted by molar-refractivity contribution is -0.143. The van der Waals surface area contributed by atoms with Crippen LogP contribution in [0.3, 0.4) is 0 Å². The van der Waals surface area contributed by atoms with Crippen molar-refractivity contribution < 1.29 is 30.9 Å². The number of para-hydroxylation sites is 1. The summed E-state index contributed by atoms with van der Waals surface area (Å²) in [4.78, 5) is 1.12. The van der Waals surface area contributed by atoms with Crippen molar-refractivity contribution in [2.45, 2.75) is 12.4 Å². The number of aromatic nitrogens is 1. The molecule has 0 unspecified atom stereocenters. The van der Waals surface area contributed by atoms with Gasteiger partial charge in [0.15, 0.2) is 11.4 Å². The molecule has 0 N–H and O–H groups in total. The van der Waals surface area contributed by atoms with Crippen molar-refractivity contribution in [1.82, 2.24) is 5.16 Å². The first-order chi connectivity index (χ1) is 11.6. The molecule has 25 heavy (non-hydrogen) atoms. The van der Waals surface area contributed by atoms with Gasteiger partial charge in [-0.1, -0.05) is 17.3 Å². The number of hydrogen-bond acceptors (Lipinski definition) is 3. The summed E-state index contributed by atoms with van der Waals surface area (Å²) in [6.07, 6.45) is -9.83. The standard InChI is InChI=1S/C16H10F6N2O/c1-24(14-12-4-2-3-5-13(12)25-23-14)11-7-9(15(17,18)19)6-10(8-11)16(20,21)22/h2-8H,1H3. The summed E-state index contributed by atoms with van der Waals surface area (Å²) in [5.41, 5.74) is -2.72. The monoisotopic (exact) mass is 360 g/mol. The van der Waals surface area contributed by atoms with E-state index in [0.717, 1.165) is 4.90 Å². The van der Waals surface area contributed by atoms with Crippen LogP contribution in [-0.4, -0.2) is 12.2 Å². The van der Waals surface area contributed by atoms with Crippen LogP contribution in [0.2, 0.25) is 0 Å². The van der Waals surface area contributed by atoms with Gasteiger partial charge in [-0.15, -0.1) is 0 Å². The predicted molar refractivity (Wildman–Crippen MR) is 78.5 cm³/mol. The van der Waals surface area contributed by atoms with Gasteiger partial charge in [0.25, 0.3) is 0 Å². The van der Waals surface area contributed by atoms with Gasteiger partial charge >= 0.3 is 12.4 Å². The van der Waals surface area contributed by atoms with E-state index in [1.54, 1.807) is 24.3 Å². The molecule has 1 heterocycles. The molecule has 0 amide bonds. The molecule has 0 radical (unpaired) electrons. The molecule has 132 valence electrons. The van der Waals surface area contributed by atoms with Crippen LogP contribution in [0, 0.1) is 0 Å². The second kappa shape index (κ2) is 5.68. The maximum atomic E-state index is 13.0. The van der Waals surface area contributed by atoms with E-state index >= 15 is 0 Å². The largest absolute Gasteiger partial charge is 0.416 e. The molecule has 0 fully saturated rings. The van der Waals surface area contributed by atoms with E-state index in [0.29, 0.717) is 23.1 Å². The molecule has 0 saturated heterocycles. The Hall–Kier alpha value is -2.71. The van der Waals surface area contributed by atoms with Crippen LogP contribution >= 0.6 is 0 Å². The molecule has 0 aliphatic carbocycles. The molecular weight excluding hydrogens is 350 g/mol. The van der Waals surface area contributed by atoms with Crippen molar-refractivity contribution >= 4 is 22.5 Å². The molecule has 0 aliphatic rings. The third-order valence-electron chi connectivity index (χ3n) is 3.64. The average molecular weight is 360 g/mol. The Kier molecular flexibility index (Phi) is 3.89. The number of rotatable bonds is 2. The molecule has 3 rings (SSSR count). The van der Waals surface area contributed by atoms with E-state index in [1.165, 1.54) is 7.05 Å². The second-order valence-corrected chi connectivity index (χ2v) is 5.33. The summed E-state index contributed by atoms with van der Waals surface area (Å²) < 4.78 is 82.9. The molecule has 0 aliphatic heterocycles. The van der Waals surface area contributed by atoms with Crippen molar-refractivity contribution in [2.24, 2.45) is 0 Å². The maximum absolute atomic E-state index is 13.0. The number of alkyl halides is 6. The van der Waals surface area contributed by atoms with Crippen LogP contribution in [0.4, 0.5) is 37.8 Å². The fourth-order valence-electron chi connectivity index (χ4n) is 2.37. The molecule has 0 bridgehead atoms. The Morgan fingerprint density at radius 2 is 1.44 bits per heavy atom. The molecule has 3 nitrogen and oxygen atoms in total. The second-order valence-electron chi connectivity index (χ2n) is 5.33. The van der Waals surface area contributed by atoms with Crippen molar-refractivity contribution in [3.63, 3.8) is 0 Å². The first kappa shape index (κ1) is 17.1. The minimum Gasteiger partial charge on any atom is -0.354 e. The summed E-state index contributed by atoms with van der Waals surface area (Å²) in [6, 6.07) is 7.88. The quantitative estimate of drug-likeness (QED) is 0.555. The number of hydrogen-bond donors (Lipinski definition) is 0. The van der Waals surface area contributed by atoms with Gasteiger partial charge in [-0.05, 0) is 30.3 Å². The van der Waals surface area contributed by atoms with E-state index in [-0.39, 0.29) is 17.6 Å². The Morgan fingerprint density at radius 1 is 0.880 bits per heavy atom. The summed E-state index contributed by atoms with van der Waals surface area (Å²) in [7, 11) is 1.32. The number of halogens is 6. The van der Waals surface area contributed by atoms with Gasteiger partial charge in [-0.3, -0.25) is 0 Å². The third kappa shape index (κ3) is 3.26. The first-order valence-electron chi connectivity index (χ1n) is 6.95. The van der Waals surface area contributed by atoms with Gasteiger partial charge in [0, 0.05) is 12.7 Å². The molecule has 0 spiro atoms. The Bertz CT molecular complexity index is 881. The number of anilines is 2. The fraction of sp³-hybridized carbons (Fsp3) is 0.188. The van der Waals surface area contributed by atoms with Crippen LogP contribution in [0.5, 0.6) is 0 Å². The normalized spacial score (nSPS) is 12.6. The minimum atomic E-state index is -4.91. The Labute approximate surface area is 137 Å². The minimum absolute atomic E-state index is 0.0816. The molecule has 0 atom stereocenters. The topological polar surface area (TPSA) is 29.3 Å². The lowest BCUT2D eigenvalue weighted by atomic mass is 10.1. The van der Waals surface area contributed by atoms with Crippen LogP contribution in [0.15, 0.2) is 47.0 Å². The van der Waals surface area contributed by atoms with Crippen LogP contribution in [0.25, 0.3) is 11.0 Å². The zero-order valence-corrected chi connectivity index (χ0v) is 12.6. The predicted octanol–water partition coefficient (Wildman–Crippen LogP) is 5.63. The van der Waals surface area contributed by atoms with Crippen molar-refractivity contribution in [3.05, 3.63) is 53.6 Å². The lowest BCUT2D eigenvalue weighted by Gasteiger charge is -2.20. The molecule has 0 saturated carbocycles. The van der Waals surface area contributed by atoms with Gasteiger partial charge < -0.3 is 9.42 Å². The zero-order chi connectivity index (χ0) is 18.4. The van der Waals surface area contributed by atoms with Gasteiger partial charge in [0.05, 0.1) is 16.5 Å². The zero-order valence-electron chi connectivity index (χ0n) is 12.6. The number of benzene rings is 2. The molecule has 9 heteroatoms. The van der Waals surface area contributed by atoms with E-state index in [1.807, 2.05) is 0 Å². The van der Waals surface area contributed by atoms with E-state index in [2.05, 4.69) is 5.16 Å². The molecule has 2 aromatic carbocycles. The summed E-state index contributed by atoms with van der Waals surface area (Å²) in [6.45, 7) is 0. The van der Waals surface area contributed by atoms with Gasteiger partial charge in [0.1, 0.15) is 0 Å². The number of fused-ring (bicyclic) bond motifs is 1. The highest BCUT2D eigenvalue weighted by molar-refractivity contribution is 5.90. The highest BCUT2D eigenvalue weighted by Crippen LogP contribution is 2.40. The van der Waals surface area contributed by atoms with Gasteiger partial charge in [-0.2, -0.15) is 26.3 Å². The van der Waals surface area contributed by atoms with Crippen molar-refractivity contribution in [2.75, 3.05) is 11.9 Å². The smallest absolute Gasteiger partial charge is 0.354 e. The fourth-order valence-corrected chi connectivity index (χ4v) is 2.37. The highest BCUT2D eigenvalue weighted by Gasteiger charge is 2.37. The van der Waals surface area contributed by atoms with Crippen molar-refractivity contribution in [1.29, 1.82) is 0 Å². The van der Waals surface area contributed by atoms with E-state index in [9.17, 15) is 26.3 Å². The number of nitrogens with zero attached hydrogens (tertiary/aromatic N) is 2. The van der Waals surface area contributed by atoms with Crippen molar-refractivity contribution in [3.8, 4) is 0 Å². The maximum Gasteiger partial charge on any atom is 0.416 e. The molecular formula is C16H10F6N2O. The van der Waals surface area contributed by atoms with Gasteiger partial charge in [0.2, 0.25) is 0 Å². The lowest BCUT2D eigenvalue weighted by Crippen LogP contribution is -2.16. The average Bonchev–Trinajstić information content (AvgIpc) is 2.96. The van der Waals surface area contributed by atoms with Crippen LogP contribution in [-0.2, 0) is 12.4 Å². The van der Waals surface area contributed by atoms with E-state index < -0.39 is 23.5 Å². The first-order valence-corrected chi connectivity index (χ1v) is 6.95. The molecule has 3 aromatic rings. The summed E-state index contributed by atoms with van der Waals surface area (Å²) >= 11 is 0.